The highest BCUT2D eigenvalue weighted by Gasteiger charge is 2.49. The van der Waals surface area contributed by atoms with Crippen molar-refractivity contribution in [2.45, 2.75) is 25.3 Å². The number of benzene rings is 2. The van der Waals surface area contributed by atoms with Crippen molar-refractivity contribution < 1.29 is 14.0 Å². The van der Waals surface area contributed by atoms with Gasteiger partial charge in [-0.1, -0.05) is 42.5 Å². The number of oxazole rings is 1. The second kappa shape index (κ2) is 7.25. The van der Waals surface area contributed by atoms with Gasteiger partial charge in [0, 0.05) is 13.8 Å². The number of carbonyl (C=O) groups is 2. The predicted molar refractivity (Wildman–Crippen MR) is 110 cm³/mol. The summed E-state index contributed by atoms with van der Waals surface area (Å²) in [6, 6.07) is 16.4. The van der Waals surface area contributed by atoms with Crippen LogP contribution in [0, 0.1) is 0 Å². The van der Waals surface area contributed by atoms with Crippen LogP contribution in [0.25, 0.3) is 11.1 Å². The fourth-order valence-corrected chi connectivity index (χ4v) is 4.71. The molecular formula is C20H18N4O4S. The van der Waals surface area contributed by atoms with E-state index in [1.54, 1.807) is 18.2 Å². The Balaban J connectivity index is 1.88. The molecule has 3 aromatic rings. The Morgan fingerprint density at radius 2 is 1.79 bits per heavy atom. The van der Waals surface area contributed by atoms with Crippen LogP contribution in [0.3, 0.4) is 0 Å². The summed E-state index contributed by atoms with van der Waals surface area (Å²) in [5.41, 5.74) is 1.84. The number of carbonyl (C=O) groups excluding carboxylic acids is 2. The lowest BCUT2D eigenvalue weighted by molar-refractivity contribution is -0.132. The highest BCUT2D eigenvalue weighted by atomic mass is 32.2. The van der Waals surface area contributed by atoms with Crippen LogP contribution in [0.2, 0.25) is 0 Å². The van der Waals surface area contributed by atoms with Gasteiger partial charge in [-0.05, 0) is 29.5 Å². The third kappa shape index (κ3) is 3.33. The van der Waals surface area contributed by atoms with Crippen LogP contribution in [0.5, 0.6) is 0 Å². The minimum absolute atomic E-state index is 0.0870. The molecule has 0 saturated heterocycles. The van der Waals surface area contributed by atoms with Gasteiger partial charge >= 0.3 is 5.76 Å². The zero-order valence-electron chi connectivity index (χ0n) is 15.8. The number of aromatic nitrogens is 1. The molecule has 2 aromatic carbocycles. The topological polar surface area (TPSA) is 96.9 Å². The first kappa shape index (κ1) is 19.0. The Morgan fingerprint density at radius 1 is 1.10 bits per heavy atom. The molecule has 0 fully saturated rings. The monoisotopic (exact) mass is 410 g/mol. The molecule has 8 nitrogen and oxygen atoms in total. The minimum atomic E-state index is -1.07. The zero-order chi connectivity index (χ0) is 20.6. The zero-order valence-corrected chi connectivity index (χ0v) is 16.6. The molecule has 1 N–H and O–H groups in total. The number of para-hydroxylation sites is 2. The molecule has 1 atom stereocenters. The average Bonchev–Trinajstić information content (AvgIpc) is 3.21. The molecule has 2 heterocycles. The van der Waals surface area contributed by atoms with Crippen molar-refractivity contribution in [2.24, 2.45) is 5.10 Å². The molecule has 0 radical (unpaired) electrons. The molecule has 4 rings (SSSR count). The first-order valence-corrected chi connectivity index (χ1v) is 9.72. The second-order valence-electron chi connectivity index (χ2n) is 6.59. The summed E-state index contributed by atoms with van der Waals surface area (Å²) in [4.78, 5) is 35.7. The van der Waals surface area contributed by atoms with Gasteiger partial charge in [-0.15, -0.1) is 5.10 Å². The SMILES string of the molecule is CC(=O)NC1=NN(C(C)=O)[C@](Cn2c(=O)oc3ccccc32)(c2ccccc2)S1. The molecule has 29 heavy (non-hydrogen) atoms. The van der Waals surface area contributed by atoms with Crippen LogP contribution in [0.15, 0.2) is 68.9 Å². The normalized spacial score (nSPS) is 18.7. The van der Waals surface area contributed by atoms with E-state index < -0.39 is 10.6 Å². The Bertz CT molecular complexity index is 1180. The molecule has 0 saturated carbocycles. The van der Waals surface area contributed by atoms with Crippen molar-refractivity contribution in [3.63, 3.8) is 0 Å². The second-order valence-corrected chi connectivity index (χ2v) is 7.86. The number of hydrogen-bond acceptors (Lipinski definition) is 6. The van der Waals surface area contributed by atoms with Crippen molar-refractivity contribution in [2.75, 3.05) is 0 Å². The van der Waals surface area contributed by atoms with Gasteiger partial charge < -0.3 is 9.73 Å². The fourth-order valence-electron chi connectivity index (χ4n) is 3.37. The number of amides is 2. The third-order valence-corrected chi connectivity index (χ3v) is 5.80. The molecule has 0 aliphatic carbocycles. The molecule has 0 bridgehead atoms. The Kier molecular flexibility index (Phi) is 4.75. The maximum atomic E-state index is 12.6. The lowest BCUT2D eigenvalue weighted by Gasteiger charge is -2.35. The van der Waals surface area contributed by atoms with E-state index in [1.165, 1.54) is 35.2 Å². The summed E-state index contributed by atoms with van der Waals surface area (Å²) in [5, 5.41) is 8.59. The number of hydrazone groups is 1. The number of nitrogens with zero attached hydrogens (tertiary/aromatic N) is 3. The van der Waals surface area contributed by atoms with Crippen LogP contribution in [-0.4, -0.2) is 26.6 Å². The highest BCUT2D eigenvalue weighted by molar-refractivity contribution is 8.14. The Hall–Kier alpha value is -3.33. The number of nitrogens with one attached hydrogen (secondary N) is 1. The van der Waals surface area contributed by atoms with Gasteiger partial charge in [-0.25, -0.2) is 9.80 Å². The lowest BCUT2D eigenvalue weighted by atomic mass is 10.1. The van der Waals surface area contributed by atoms with Crippen LogP contribution in [0.4, 0.5) is 0 Å². The number of rotatable bonds is 3. The number of thioether (sulfide) groups is 1. The van der Waals surface area contributed by atoms with E-state index in [2.05, 4.69) is 10.4 Å². The number of fused-ring (bicyclic) bond motifs is 1. The summed E-state index contributed by atoms with van der Waals surface area (Å²) in [6.07, 6.45) is 0. The van der Waals surface area contributed by atoms with Gasteiger partial charge in [-0.3, -0.25) is 14.2 Å². The van der Waals surface area contributed by atoms with E-state index in [9.17, 15) is 14.4 Å². The third-order valence-electron chi connectivity index (χ3n) is 4.55. The van der Waals surface area contributed by atoms with Crippen molar-refractivity contribution in [1.82, 2.24) is 14.9 Å². The molecule has 148 valence electrons. The largest absolute Gasteiger partial charge is 0.420 e. The van der Waals surface area contributed by atoms with Gasteiger partial charge in [0.15, 0.2) is 15.6 Å². The average molecular weight is 410 g/mol. The van der Waals surface area contributed by atoms with Crippen LogP contribution < -0.4 is 11.1 Å². The van der Waals surface area contributed by atoms with E-state index in [0.29, 0.717) is 11.1 Å². The maximum Gasteiger partial charge on any atom is 0.420 e. The van der Waals surface area contributed by atoms with Crippen LogP contribution in [-0.2, 0) is 21.0 Å². The molecular weight excluding hydrogens is 392 g/mol. The number of hydrogen-bond donors (Lipinski definition) is 1. The standard InChI is InChI=1S/C20H18N4O4S/c1-13(25)21-18-22-24(14(2)26)20(29-18,15-8-4-3-5-9-15)12-23-16-10-6-7-11-17(16)28-19(23)27/h3-11H,12H2,1-2H3,(H,21,22,25)/t20-/m0/s1. The first-order chi connectivity index (χ1) is 13.9. The highest BCUT2D eigenvalue weighted by Crippen LogP contribution is 2.46. The smallest absolute Gasteiger partial charge is 0.408 e. The molecule has 0 unspecified atom stereocenters. The summed E-state index contributed by atoms with van der Waals surface area (Å²) in [5.74, 6) is -1.14. The molecule has 9 heteroatoms. The molecule has 1 aliphatic rings. The minimum Gasteiger partial charge on any atom is -0.408 e. The van der Waals surface area contributed by atoms with Crippen LogP contribution >= 0.6 is 11.8 Å². The van der Waals surface area contributed by atoms with E-state index in [4.69, 9.17) is 4.42 Å². The molecule has 1 aliphatic heterocycles. The quantitative estimate of drug-likeness (QED) is 0.715. The van der Waals surface area contributed by atoms with E-state index in [-0.39, 0.29) is 23.5 Å². The summed E-state index contributed by atoms with van der Waals surface area (Å²) >= 11 is 1.21. The summed E-state index contributed by atoms with van der Waals surface area (Å²) < 4.78 is 6.85. The van der Waals surface area contributed by atoms with Gasteiger partial charge in [0.1, 0.15) is 0 Å². The number of amidine groups is 1. The van der Waals surface area contributed by atoms with E-state index in [1.807, 2.05) is 36.4 Å². The molecule has 0 spiro atoms. The van der Waals surface area contributed by atoms with Gasteiger partial charge in [0.05, 0.1) is 12.1 Å². The maximum absolute atomic E-state index is 12.6. The molecule has 1 aromatic heterocycles. The van der Waals surface area contributed by atoms with Gasteiger partial charge in [0.2, 0.25) is 11.8 Å². The van der Waals surface area contributed by atoms with Crippen LogP contribution in [0.1, 0.15) is 19.4 Å². The van der Waals surface area contributed by atoms with E-state index in [0.717, 1.165) is 5.56 Å². The predicted octanol–water partition coefficient (Wildman–Crippen LogP) is 2.45. The van der Waals surface area contributed by atoms with Gasteiger partial charge in [-0.2, -0.15) is 0 Å². The van der Waals surface area contributed by atoms with Crippen molar-refractivity contribution in [3.8, 4) is 0 Å². The van der Waals surface area contributed by atoms with Crippen molar-refractivity contribution >= 4 is 39.8 Å². The Labute approximate surface area is 170 Å². The first-order valence-electron chi connectivity index (χ1n) is 8.90. The fraction of sp³-hybridized carbons (Fsp3) is 0.200. The summed E-state index contributed by atoms with van der Waals surface area (Å²) in [6.45, 7) is 2.86. The van der Waals surface area contributed by atoms with Crippen molar-refractivity contribution in [3.05, 3.63) is 70.7 Å². The lowest BCUT2D eigenvalue weighted by Crippen LogP contribution is -2.45. The van der Waals surface area contributed by atoms with Gasteiger partial charge in [0.25, 0.3) is 0 Å². The van der Waals surface area contributed by atoms with E-state index >= 15 is 0 Å². The molecule has 2 amide bonds. The van der Waals surface area contributed by atoms with Crippen molar-refractivity contribution in [1.29, 1.82) is 0 Å². The Morgan fingerprint density at radius 3 is 2.48 bits per heavy atom. The summed E-state index contributed by atoms with van der Waals surface area (Å²) in [7, 11) is 0.